The molecule has 0 bridgehead atoms. The predicted molar refractivity (Wildman–Crippen MR) is 84.5 cm³/mol. The number of amides is 1. The van der Waals surface area contributed by atoms with Crippen LogP contribution in [0.5, 0.6) is 0 Å². The van der Waals surface area contributed by atoms with Crippen LogP contribution in [0.1, 0.15) is 38.5 Å². The van der Waals surface area contributed by atoms with Crippen LogP contribution < -0.4 is 0 Å². The third kappa shape index (κ3) is 3.54. The normalized spacial score (nSPS) is 29.1. The standard InChI is InChI=1S/C16H26N6O/c23-15(10-22-13-17-18-19-22)21-8-2-6-16(12-21)5-1-7-20(11-16)9-14-3-4-14/h13-14H,1-12H2. The Balaban J connectivity index is 1.38. The highest BCUT2D eigenvalue weighted by Crippen LogP contribution is 2.40. The van der Waals surface area contributed by atoms with Crippen molar-refractivity contribution in [2.24, 2.45) is 11.3 Å². The van der Waals surface area contributed by atoms with E-state index in [9.17, 15) is 4.79 Å². The summed E-state index contributed by atoms with van der Waals surface area (Å²) in [6.45, 7) is 5.75. The summed E-state index contributed by atoms with van der Waals surface area (Å²) in [5, 5.41) is 11.0. The Bertz CT molecular complexity index is 539. The molecule has 3 fully saturated rings. The Kier molecular flexibility index (Phi) is 4.05. The molecule has 2 saturated heterocycles. The van der Waals surface area contributed by atoms with Crippen LogP contribution in [0.2, 0.25) is 0 Å². The number of nitrogens with zero attached hydrogens (tertiary/aromatic N) is 6. The number of likely N-dealkylation sites (tertiary alicyclic amines) is 2. The Morgan fingerprint density at radius 1 is 1.17 bits per heavy atom. The van der Waals surface area contributed by atoms with Crippen molar-refractivity contribution in [3.8, 4) is 0 Å². The maximum atomic E-state index is 12.6. The van der Waals surface area contributed by atoms with Gasteiger partial charge in [0.1, 0.15) is 12.9 Å². The fraction of sp³-hybridized carbons (Fsp3) is 0.875. The quantitative estimate of drug-likeness (QED) is 0.821. The molecule has 126 valence electrons. The third-order valence-corrected chi connectivity index (χ3v) is 5.66. The molecule has 1 aromatic heterocycles. The summed E-state index contributed by atoms with van der Waals surface area (Å²) in [5.74, 6) is 1.10. The van der Waals surface area contributed by atoms with E-state index in [4.69, 9.17) is 0 Å². The number of tetrazole rings is 1. The van der Waals surface area contributed by atoms with Gasteiger partial charge in [-0.3, -0.25) is 4.79 Å². The number of piperidine rings is 2. The molecule has 1 atom stereocenters. The number of hydrogen-bond acceptors (Lipinski definition) is 5. The van der Waals surface area contributed by atoms with E-state index in [0.717, 1.165) is 25.4 Å². The van der Waals surface area contributed by atoms with E-state index in [-0.39, 0.29) is 12.5 Å². The number of rotatable bonds is 4. The smallest absolute Gasteiger partial charge is 0.244 e. The molecule has 23 heavy (non-hydrogen) atoms. The fourth-order valence-electron chi connectivity index (χ4n) is 4.38. The Morgan fingerprint density at radius 3 is 2.74 bits per heavy atom. The maximum Gasteiger partial charge on any atom is 0.244 e. The minimum absolute atomic E-state index is 0.149. The lowest BCUT2D eigenvalue weighted by Crippen LogP contribution is -2.54. The molecule has 3 aliphatic rings. The van der Waals surface area contributed by atoms with Gasteiger partial charge in [-0.05, 0) is 61.4 Å². The zero-order valence-corrected chi connectivity index (χ0v) is 13.7. The van der Waals surface area contributed by atoms with Gasteiger partial charge in [0.2, 0.25) is 5.91 Å². The molecule has 1 aliphatic carbocycles. The van der Waals surface area contributed by atoms with Crippen LogP contribution in [-0.4, -0.2) is 68.6 Å². The largest absolute Gasteiger partial charge is 0.340 e. The highest BCUT2D eigenvalue weighted by molar-refractivity contribution is 5.76. The van der Waals surface area contributed by atoms with Gasteiger partial charge in [0, 0.05) is 31.6 Å². The molecule has 1 aromatic rings. The summed E-state index contributed by atoms with van der Waals surface area (Å²) in [5.41, 5.74) is 0.321. The fourth-order valence-corrected chi connectivity index (χ4v) is 4.38. The molecule has 0 radical (unpaired) electrons. The van der Waals surface area contributed by atoms with E-state index >= 15 is 0 Å². The SMILES string of the molecule is O=C(Cn1cnnn1)N1CCCC2(CCCN(CC3CC3)C2)C1. The van der Waals surface area contributed by atoms with Gasteiger partial charge in [0.25, 0.3) is 0 Å². The van der Waals surface area contributed by atoms with Gasteiger partial charge in [0.05, 0.1) is 0 Å². The average molecular weight is 318 g/mol. The van der Waals surface area contributed by atoms with Crippen molar-refractivity contribution >= 4 is 5.91 Å². The van der Waals surface area contributed by atoms with E-state index in [1.165, 1.54) is 62.7 Å². The first-order valence-electron chi connectivity index (χ1n) is 8.93. The van der Waals surface area contributed by atoms with Crippen molar-refractivity contribution in [1.29, 1.82) is 0 Å². The zero-order chi connectivity index (χ0) is 15.7. The number of carbonyl (C=O) groups is 1. The number of carbonyl (C=O) groups excluding carboxylic acids is 1. The molecular formula is C16H26N6O. The van der Waals surface area contributed by atoms with Gasteiger partial charge in [-0.15, -0.1) is 5.10 Å². The lowest BCUT2D eigenvalue weighted by molar-refractivity contribution is -0.136. The maximum absolute atomic E-state index is 12.6. The van der Waals surface area contributed by atoms with Crippen LogP contribution in [0.4, 0.5) is 0 Å². The molecule has 4 rings (SSSR count). The highest BCUT2D eigenvalue weighted by Gasteiger charge is 2.41. The number of hydrogen-bond donors (Lipinski definition) is 0. The number of aromatic nitrogens is 4. The van der Waals surface area contributed by atoms with E-state index in [2.05, 4.69) is 20.4 Å². The van der Waals surface area contributed by atoms with Crippen LogP contribution in [0.3, 0.4) is 0 Å². The Morgan fingerprint density at radius 2 is 2.00 bits per heavy atom. The minimum atomic E-state index is 0.149. The summed E-state index contributed by atoms with van der Waals surface area (Å²) >= 11 is 0. The molecule has 7 nitrogen and oxygen atoms in total. The van der Waals surface area contributed by atoms with Crippen molar-refractivity contribution in [2.75, 3.05) is 32.7 Å². The first-order chi connectivity index (χ1) is 11.2. The molecule has 0 N–H and O–H groups in total. The zero-order valence-electron chi connectivity index (χ0n) is 13.7. The summed E-state index contributed by atoms with van der Waals surface area (Å²) in [4.78, 5) is 17.3. The van der Waals surface area contributed by atoms with Gasteiger partial charge in [-0.25, -0.2) is 4.68 Å². The van der Waals surface area contributed by atoms with Crippen LogP contribution >= 0.6 is 0 Å². The third-order valence-electron chi connectivity index (χ3n) is 5.66. The first-order valence-corrected chi connectivity index (χ1v) is 8.93. The monoisotopic (exact) mass is 318 g/mol. The summed E-state index contributed by atoms with van der Waals surface area (Å²) in [6, 6.07) is 0. The van der Waals surface area contributed by atoms with Gasteiger partial charge in [0.15, 0.2) is 0 Å². The predicted octanol–water partition coefficient (Wildman–Crippen LogP) is 0.788. The topological polar surface area (TPSA) is 67.2 Å². The van der Waals surface area contributed by atoms with E-state index in [0.29, 0.717) is 5.41 Å². The van der Waals surface area contributed by atoms with Crippen LogP contribution in [0, 0.1) is 11.3 Å². The van der Waals surface area contributed by atoms with Crippen molar-refractivity contribution in [3.63, 3.8) is 0 Å². The molecule has 7 heteroatoms. The minimum Gasteiger partial charge on any atom is -0.340 e. The molecule has 2 aliphatic heterocycles. The van der Waals surface area contributed by atoms with Crippen molar-refractivity contribution in [1.82, 2.24) is 30.0 Å². The van der Waals surface area contributed by atoms with E-state index in [1.807, 2.05) is 4.90 Å². The van der Waals surface area contributed by atoms with Gasteiger partial charge in [-0.1, -0.05) is 0 Å². The highest BCUT2D eigenvalue weighted by atomic mass is 16.2. The Labute approximate surface area is 137 Å². The van der Waals surface area contributed by atoms with Gasteiger partial charge < -0.3 is 9.80 Å². The molecule has 1 unspecified atom stereocenters. The lowest BCUT2D eigenvalue weighted by atomic mass is 9.73. The van der Waals surface area contributed by atoms with Crippen molar-refractivity contribution < 1.29 is 4.79 Å². The summed E-state index contributed by atoms with van der Waals surface area (Å²) in [7, 11) is 0. The second-order valence-electron chi connectivity index (χ2n) is 7.71. The summed E-state index contributed by atoms with van der Waals surface area (Å²) in [6.07, 6.45) is 9.28. The first kappa shape index (κ1) is 15.1. The molecule has 3 heterocycles. The van der Waals surface area contributed by atoms with Gasteiger partial charge >= 0.3 is 0 Å². The molecular weight excluding hydrogens is 292 g/mol. The second-order valence-corrected chi connectivity index (χ2v) is 7.71. The Hall–Kier alpha value is -1.50. The van der Waals surface area contributed by atoms with Crippen molar-refractivity contribution in [3.05, 3.63) is 6.33 Å². The van der Waals surface area contributed by atoms with Crippen LogP contribution in [0.25, 0.3) is 0 Å². The second kappa shape index (κ2) is 6.19. The van der Waals surface area contributed by atoms with E-state index < -0.39 is 0 Å². The van der Waals surface area contributed by atoms with Crippen LogP contribution in [0.15, 0.2) is 6.33 Å². The average Bonchev–Trinajstić information content (AvgIpc) is 3.20. The lowest BCUT2D eigenvalue weighted by Gasteiger charge is -2.48. The molecule has 1 amide bonds. The summed E-state index contributed by atoms with van der Waals surface area (Å²) < 4.78 is 1.52. The molecule has 1 spiro atoms. The molecule has 1 saturated carbocycles. The van der Waals surface area contributed by atoms with Crippen molar-refractivity contribution in [2.45, 2.75) is 45.1 Å². The molecule has 0 aromatic carbocycles. The van der Waals surface area contributed by atoms with E-state index in [1.54, 1.807) is 0 Å². The van der Waals surface area contributed by atoms with Crippen LogP contribution in [-0.2, 0) is 11.3 Å². The van der Waals surface area contributed by atoms with Gasteiger partial charge in [-0.2, -0.15) is 0 Å².